The highest BCUT2D eigenvalue weighted by Crippen LogP contribution is 2.26. The molecule has 0 atom stereocenters. The first kappa shape index (κ1) is 102. The van der Waals surface area contributed by atoms with Crippen molar-refractivity contribution in [3.05, 3.63) is 453 Å². The van der Waals surface area contributed by atoms with Gasteiger partial charge in [-0.1, -0.05) is 273 Å². The van der Waals surface area contributed by atoms with E-state index in [0.29, 0.717) is 109 Å². The van der Waals surface area contributed by atoms with Crippen LogP contribution in [-0.2, 0) is 38.5 Å². The molecule has 0 saturated heterocycles. The Morgan fingerprint density at radius 2 is 0.599 bits per heavy atom. The Kier molecular flexibility index (Phi) is 37.2. The van der Waals surface area contributed by atoms with E-state index in [1.54, 1.807) is 121 Å². The van der Waals surface area contributed by atoms with Gasteiger partial charge in [-0.3, -0.25) is 14.4 Å². The summed E-state index contributed by atoms with van der Waals surface area (Å²) in [5, 5.41) is 8.86. The molecule has 0 aliphatic carbocycles. The second-order valence-corrected chi connectivity index (χ2v) is 34.9. The number of amides is 3. The Hall–Kier alpha value is -16.2. The Balaban J connectivity index is 0.000000142. The maximum atomic E-state index is 12.7. The SMILES string of the molecule is Cc1ccc(CCCCCC(=O)n2c(=O)oc3ccccc32)cc1.O=C(NCCCCc1ccccc1)n1c(=O)oc2cc(OCCc3ccccc3)ccc21.O=C(c1ccc(Cl)cc1)c1ccc2c(c1)oc(=O)n2C(=O)NCCCCc1ccccc1.O=C(c1ccccc1)c1ccc2c(c1)oc(=O)n2C(=O)NCCCCc1ccccc1.O=c1oc2ccccc2n1C(=S)CCCCCc1ccccc1. The number of nitrogens with one attached hydrogen (secondary N) is 3. The average Bonchev–Trinajstić information content (AvgIpc) is 1.62. The highest BCUT2D eigenvalue weighted by atomic mass is 35.5. The van der Waals surface area contributed by atoms with Crippen LogP contribution in [0.2, 0.25) is 5.02 Å². The number of thiocarbonyl (C=S) groups is 1. The third-order valence-corrected chi connectivity index (χ3v) is 24.3. The van der Waals surface area contributed by atoms with Crippen LogP contribution in [0.1, 0.15) is 165 Å². The number of ketones is 2. The van der Waals surface area contributed by atoms with E-state index < -0.39 is 41.1 Å². The van der Waals surface area contributed by atoms with Crippen molar-refractivity contribution in [2.75, 3.05) is 26.2 Å². The van der Waals surface area contributed by atoms with Gasteiger partial charge in [0.15, 0.2) is 39.5 Å². The summed E-state index contributed by atoms with van der Waals surface area (Å²) in [6.07, 6.45) is 18.0. The molecule has 13 aromatic carbocycles. The third-order valence-electron chi connectivity index (χ3n) is 23.7. The van der Waals surface area contributed by atoms with Gasteiger partial charge < -0.3 is 42.8 Å². The molecule has 5 heterocycles. The summed E-state index contributed by atoms with van der Waals surface area (Å²) in [6.45, 7) is 3.97. The van der Waals surface area contributed by atoms with Gasteiger partial charge in [0.25, 0.3) is 0 Å². The number of carbonyl (C=O) groups is 6. The number of hydrogen-bond donors (Lipinski definition) is 3. The Morgan fingerprint density at radius 1 is 0.289 bits per heavy atom. The van der Waals surface area contributed by atoms with Crippen LogP contribution in [0.15, 0.2) is 380 Å². The molecule has 3 amide bonds. The zero-order chi connectivity index (χ0) is 99.3. The van der Waals surface area contributed by atoms with Gasteiger partial charge in [0.1, 0.15) is 11.3 Å². The van der Waals surface area contributed by atoms with Crippen LogP contribution in [0.3, 0.4) is 0 Å². The van der Waals surface area contributed by atoms with Crippen molar-refractivity contribution < 1.29 is 55.6 Å². The highest BCUT2D eigenvalue weighted by molar-refractivity contribution is 7.80. The fourth-order valence-electron chi connectivity index (χ4n) is 16.2. The van der Waals surface area contributed by atoms with E-state index in [1.807, 2.05) is 115 Å². The number of aryl methyl sites for hydroxylation is 6. The minimum Gasteiger partial charge on any atom is -0.493 e. The van der Waals surface area contributed by atoms with Gasteiger partial charge in [0.2, 0.25) is 5.91 Å². The first-order valence-corrected chi connectivity index (χ1v) is 48.4. The molecular formula is C115H109ClN8O17S. The Bertz CT molecular complexity index is 7590. The predicted molar refractivity (Wildman–Crippen MR) is 558 cm³/mol. The monoisotopic (exact) mass is 1940 g/mol. The maximum absolute atomic E-state index is 12.7. The molecule has 0 unspecified atom stereocenters. The lowest BCUT2D eigenvalue weighted by Crippen LogP contribution is -2.34. The number of hydrogen-bond acceptors (Lipinski definition) is 18. The predicted octanol–water partition coefficient (Wildman–Crippen LogP) is 23.2. The number of aromatic nitrogens is 5. The van der Waals surface area contributed by atoms with Crippen molar-refractivity contribution >= 4 is 120 Å². The van der Waals surface area contributed by atoms with Crippen molar-refractivity contribution in [2.24, 2.45) is 0 Å². The summed E-state index contributed by atoms with van der Waals surface area (Å²) in [7, 11) is 0. The van der Waals surface area contributed by atoms with Crippen LogP contribution in [0.4, 0.5) is 14.4 Å². The normalized spacial score (nSPS) is 10.9. The van der Waals surface area contributed by atoms with Gasteiger partial charge in [-0.15, -0.1) is 0 Å². The van der Waals surface area contributed by atoms with E-state index in [-0.39, 0.29) is 34.4 Å². The summed E-state index contributed by atoms with van der Waals surface area (Å²) < 4.78 is 37.4. The summed E-state index contributed by atoms with van der Waals surface area (Å²) in [5.74, 6) is -3.28. The molecule has 27 heteroatoms. The van der Waals surface area contributed by atoms with E-state index in [2.05, 4.69) is 108 Å². The van der Waals surface area contributed by atoms with Crippen LogP contribution in [-0.4, -0.2) is 89.6 Å². The lowest BCUT2D eigenvalue weighted by Gasteiger charge is -2.07. The number of carbonyl (C=O) groups excluding carboxylic acids is 6. The molecule has 0 spiro atoms. The summed E-state index contributed by atoms with van der Waals surface area (Å²) in [4.78, 5) is 137. The van der Waals surface area contributed by atoms with Crippen LogP contribution < -0.4 is 49.5 Å². The highest BCUT2D eigenvalue weighted by Gasteiger charge is 2.24. The number of benzene rings is 13. The molecule has 0 fully saturated rings. The number of para-hydroxylation sites is 4. The average molecular weight is 1940 g/mol. The van der Waals surface area contributed by atoms with E-state index in [1.165, 1.54) is 55.6 Å². The van der Waals surface area contributed by atoms with Gasteiger partial charge >= 0.3 is 46.9 Å². The maximum Gasteiger partial charge on any atom is 0.428 e. The molecule has 142 heavy (non-hydrogen) atoms. The molecule has 0 bridgehead atoms. The van der Waals surface area contributed by atoms with Crippen LogP contribution in [0.5, 0.6) is 5.75 Å². The van der Waals surface area contributed by atoms with Crippen molar-refractivity contribution in [1.29, 1.82) is 0 Å². The summed E-state index contributed by atoms with van der Waals surface area (Å²) in [5.41, 5.74) is 14.8. The molecule has 18 aromatic rings. The quantitative estimate of drug-likeness (QED) is 0.0189. The topological polar surface area (TPSA) is 323 Å². The fourth-order valence-corrected chi connectivity index (χ4v) is 16.6. The van der Waals surface area contributed by atoms with Crippen molar-refractivity contribution in [3.63, 3.8) is 0 Å². The number of nitrogens with zero attached hydrogens (tertiary/aromatic N) is 5. The first-order valence-electron chi connectivity index (χ1n) is 47.6. The summed E-state index contributed by atoms with van der Waals surface area (Å²) in [6, 6.07) is 102. The second-order valence-electron chi connectivity index (χ2n) is 34.0. The Morgan fingerprint density at radius 3 is 1.02 bits per heavy atom. The Labute approximate surface area is 829 Å². The minimum atomic E-state index is -0.794. The molecule has 5 aromatic heterocycles. The molecule has 18 rings (SSSR count). The number of unbranched alkanes of at least 4 members (excludes halogenated alkanes) is 7. The van der Waals surface area contributed by atoms with Gasteiger partial charge in [-0.05, 0) is 240 Å². The number of ether oxygens (including phenoxy) is 1. The van der Waals surface area contributed by atoms with Gasteiger partial charge in [-0.2, -0.15) is 13.7 Å². The van der Waals surface area contributed by atoms with E-state index >= 15 is 0 Å². The smallest absolute Gasteiger partial charge is 0.428 e. The second kappa shape index (κ2) is 52.0. The number of oxazole rings is 5. The molecule has 25 nitrogen and oxygen atoms in total. The lowest BCUT2D eigenvalue weighted by molar-refractivity contribution is 0.0894. The number of halogens is 1. The number of fused-ring (bicyclic) bond motifs is 5. The van der Waals surface area contributed by atoms with Crippen LogP contribution in [0.25, 0.3) is 55.5 Å². The summed E-state index contributed by atoms with van der Waals surface area (Å²) >= 11 is 11.3. The lowest BCUT2D eigenvalue weighted by atomic mass is 10.0. The van der Waals surface area contributed by atoms with E-state index in [4.69, 9.17) is 50.6 Å². The third kappa shape index (κ3) is 28.8. The first-order chi connectivity index (χ1) is 69.3. The molecule has 3 N–H and O–H groups in total. The molecule has 0 saturated carbocycles. The van der Waals surface area contributed by atoms with Gasteiger partial charge in [0, 0.05) is 65.8 Å². The van der Waals surface area contributed by atoms with Crippen molar-refractivity contribution in [2.45, 2.75) is 135 Å². The standard InChI is InChI=1S/C26H26N2O4.C25H21ClN2O4.C25H22N2O4.C20H21NO3.C19H19NO2S/c29-25(27-17-8-7-13-20-9-3-1-4-10-20)28-23-15-14-22(19-24(23)32-26(28)30)31-18-16-21-11-5-2-6-12-21;26-20-12-9-18(10-13-20)23(29)19-11-14-21-22(16-19)32-25(31)28(21)24(30)27-15-5-4-8-17-6-2-1-3-7-17;28-23(19-12-5-2-6-13-19)20-14-15-21-22(17-20)31-25(30)27(21)24(29)26-16-8-7-11-18-9-3-1-4-10-18;1-15-11-13-16(14-12-15)7-3-2-4-10-19(22)21-17-8-5-6-9-18(17)24-20(21)23;21-19-20(16-12-7-8-13-17(16)22-19)18(23)14-6-2-5-11-15-9-3-1-4-10-15/h1-6,9-12,14-15,19H,7-8,13,16-18H2,(H,27,29);1-3,6-7,9-14,16H,4-5,8,15H2,(H,27,30);1-6,9-10,12-15,17H,7-8,11,16H2,(H,26,29);5-6,8-9,11-14H,2-4,7,10H2,1H3;1,3-4,7-10,12-13H,2,5-6,11,14H2. The van der Waals surface area contributed by atoms with Gasteiger partial charge in [-0.25, -0.2) is 47.5 Å². The van der Waals surface area contributed by atoms with E-state index in [9.17, 15) is 52.7 Å². The van der Waals surface area contributed by atoms with E-state index in [0.717, 1.165) is 146 Å². The molecule has 0 aliphatic heterocycles. The zero-order valence-corrected chi connectivity index (χ0v) is 80.3. The van der Waals surface area contributed by atoms with Crippen LogP contribution in [0, 0.1) is 6.92 Å². The minimum absolute atomic E-state index is 0.175. The molecular weight excluding hydrogens is 1830 g/mol. The molecule has 0 aliphatic rings. The van der Waals surface area contributed by atoms with Gasteiger partial charge in [0.05, 0.1) is 33.7 Å². The molecule has 0 radical (unpaired) electrons. The van der Waals surface area contributed by atoms with Crippen molar-refractivity contribution in [3.8, 4) is 5.75 Å². The fraction of sp³-hybridized carbons (Fsp3) is 0.217. The zero-order valence-electron chi connectivity index (χ0n) is 78.7. The molecule has 724 valence electrons. The number of rotatable bonds is 35. The van der Waals surface area contributed by atoms with Crippen molar-refractivity contribution in [1.82, 2.24) is 38.8 Å². The largest absolute Gasteiger partial charge is 0.493 e. The van der Waals surface area contributed by atoms with Crippen LogP contribution >= 0.6 is 23.8 Å².